The molecular formula is C13H18N4O3S. The average Bonchev–Trinajstić information content (AvgIpc) is 2.81. The number of anilines is 1. The van der Waals surface area contributed by atoms with Crippen molar-refractivity contribution in [3.05, 3.63) is 30.0 Å². The lowest BCUT2D eigenvalue weighted by Gasteiger charge is -2.11. The van der Waals surface area contributed by atoms with Crippen LogP contribution in [0.25, 0.3) is 10.9 Å². The van der Waals surface area contributed by atoms with Gasteiger partial charge in [-0.25, -0.2) is 12.7 Å². The third kappa shape index (κ3) is 3.53. The van der Waals surface area contributed by atoms with E-state index in [2.05, 4.69) is 10.3 Å². The Morgan fingerprint density at radius 2 is 2.05 bits per heavy atom. The molecule has 0 aliphatic heterocycles. The van der Waals surface area contributed by atoms with Crippen LogP contribution in [0.2, 0.25) is 0 Å². The fourth-order valence-electron chi connectivity index (χ4n) is 1.84. The molecule has 0 aliphatic rings. The van der Waals surface area contributed by atoms with Gasteiger partial charge in [-0.05, 0) is 24.3 Å². The van der Waals surface area contributed by atoms with Crippen LogP contribution in [-0.2, 0) is 10.0 Å². The average molecular weight is 310 g/mol. The number of rotatable bonds is 5. The number of aromatic nitrogens is 1. The van der Waals surface area contributed by atoms with Gasteiger partial charge in [0, 0.05) is 37.2 Å². The number of nitrogens with two attached hydrogens (primary N) is 1. The summed E-state index contributed by atoms with van der Waals surface area (Å²) >= 11 is 0. The monoisotopic (exact) mass is 310 g/mol. The van der Waals surface area contributed by atoms with Crippen LogP contribution >= 0.6 is 0 Å². The molecule has 0 aliphatic carbocycles. The number of hydrogen-bond acceptors (Lipinski definition) is 4. The van der Waals surface area contributed by atoms with Gasteiger partial charge in [0.25, 0.3) is 5.91 Å². The fourth-order valence-corrected chi connectivity index (χ4v) is 2.57. The first kappa shape index (κ1) is 15.3. The molecule has 1 aromatic heterocycles. The second-order valence-electron chi connectivity index (χ2n) is 4.88. The van der Waals surface area contributed by atoms with Crippen molar-refractivity contribution in [1.29, 1.82) is 0 Å². The maximum Gasteiger partial charge on any atom is 0.267 e. The lowest BCUT2D eigenvalue weighted by atomic mass is 10.2. The van der Waals surface area contributed by atoms with Gasteiger partial charge in [0.15, 0.2) is 0 Å². The van der Waals surface area contributed by atoms with Crippen LogP contribution in [0.5, 0.6) is 0 Å². The molecule has 0 radical (unpaired) electrons. The van der Waals surface area contributed by atoms with Crippen LogP contribution in [0.3, 0.4) is 0 Å². The van der Waals surface area contributed by atoms with E-state index < -0.39 is 10.0 Å². The largest absolute Gasteiger partial charge is 0.399 e. The number of sulfonamides is 1. The Morgan fingerprint density at radius 1 is 1.33 bits per heavy atom. The minimum atomic E-state index is -3.31. The van der Waals surface area contributed by atoms with Gasteiger partial charge in [-0.2, -0.15) is 0 Å². The number of carbonyl (C=O) groups is 1. The van der Waals surface area contributed by atoms with Crippen LogP contribution in [0.4, 0.5) is 5.69 Å². The highest BCUT2D eigenvalue weighted by atomic mass is 32.2. The number of hydrogen-bond donors (Lipinski definition) is 3. The standard InChI is InChI=1S/C13H18N4O3S/c1-17(2)21(19,20)6-5-15-13(18)12-8-9-7-10(14)3-4-11(9)16-12/h3-4,7-8,16H,5-6,14H2,1-2H3,(H,15,18). The smallest absolute Gasteiger partial charge is 0.267 e. The molecule has 0 atom stereocenters. The molecule has 1 amide bonds. The summed E-state index contributed by atoms with van der Waals surface area (Å²) in [7, 11) is -0.399. The van der Waals surface area contributed by atoms with Crippen LogP contribution in [-0.4, -0.2) is 50.0 Å². The number of nitrogen functional groups attached to an aromatic ring is 1. The maximum atomic E-state index is 12.0. The zero-order valence-corrected chi connectivity index (χ0v) is 12.7. The molecule has 0 spiro atoms. The number of fused-ring (bicyclic) bond motifs is 1. The van der Waals surface area contributed by atoms with Gasteiger partial charge < -0.3 is 16.0 Å². The molecule has 21 heavy (non-hydrogen) atoms. The normalized spacial score (nSPS) is 12.0. The van der Waals surface area contributed by atoms with Gasteiger partial charge in [-0.1, -0.05) is 0 Å². The molecule has 114 valence electrons. The highest BCUT2D eigenvalue weighted by Crippen LogP contribution is 2.18. The summed E-state index contributed by atoms with van der Waals surface area (Å²) in [4.78, 5) is 14.9. The third-order valence-electron chi connectivity index (χ3n) is 3.09. The highest BCUT2D eigenvalue weighted by Gasteiger charge is 2.15. The lowest BCUT2D eigenvalue weighted by molar-refractivity contribution is 0.0952. The molecule has 0 bridgehead atoms. The number of nitrogens with zero attached hydrogens (tertiary/aromatic N) is 1. The van der Waals surface area contributed by atoms with Crippen LogP contribution in [0, 0.1) is 0 Å². The van der Waals surface area contributed by atoms with Gasteiger partial charge in [-0.15, -0.1) is 0 Å². The first-order valence-corrected chi connectivity index (χ1v) is 7.97. The van der Waals surface area contributed by atoms with Crippen molar-refractivity contribution in [2.45, 2.75) is 0 Å². The second kappa shape index (κ2) is 5.74. The minimum absolute atomic E-state index is 0.0524. The van der Waals surface area contributed by atoms with Crippen molar-refractivity contribution >= 4 is 32.5 Å². The van der Waals surface area contributed by atoms with E-state index in [1.54, 1.807) is 24.3 Å². The highest BCUT2D eigenvalue weighted by molar-refractivity contribution is 7.89. The third-order valence-corrected chi connectivity index (χ3v) is 4.92. The van der Waals surface area contributed by atoms with Crippen molar-refractivity contribution < 1.29 is 13.2 Å². The predicted octanol–water partition coefficient (Wildman–Crippen LogP) is 0.371. The van der Waals surface area contributed by atoms with Crippen molar-refractivity contribution in [3.8, 4) is 0 Å². The second-order valence-corrected chi connectivity index (χ2v) is 7.19. The fraction of sp³-hybridized carbons (Fsp3) is 0.308. The van der Waals surface area contributed by atoms with Crippen LogP contribution in [0.15, 0.2) is 24.3 Å². The molecule has 0 saturated heterocycles. The topological polar surface area (TPSA) is 108 Å². The van der Waals surface area contributed by atoms with Gasteiger partial charge >= 0.3 is 0 Å². The molecule has 4 N–H and O–H groups in total. The molecule has 2 aromatic rings. The van der Waals surface area contributed by atoms with E-state index in [9.17, 15) is 13.2 Å². The van der Waals surface area contributed by atoms with E-state index in [4.69, 9.17) is 5.73 Å². The van der Waals surface area contributed by atoms with Gasteiger partial charge in [0.2, 0.25) is 10.0 Å². The first-order valence-electron chi connectivity index (χ1n) is 6.36. The molecular weight excluding hydrogens is 292 g/mol. The number of H-pyrrole nitrogens is 1. The van der Waals surface area contributed by atoms with E-state index in [1.807, 2.05) is 0 Å². The molecule has 0 fully saturated rings. The zero-order chi connectivity index (χ0) is 15.6. The van der Waals surface area contributed by atoms with Gasteiger partial charge in [0.05, 0.1) is 5.75 Å². The van der Waals surface area contributed by atoms with Crippen molar-refractivity contribution in [2.75, 3.05) is 32.1 Å². The van der Waals surface area contributed by atoms with E-state index in [0.717, 1.165) is 15.2 Å². The number of amides is 1. The Hall–Kier alpha value is -2.06. The maximum absolute atomic E-state index is 12.0. The van der Waals surface area contributed by atoms with Gasteiger partial charge in [0.1, 0.15) is 5.69 Å². The summed E-state index contributed by atoms with van der Waals surface area (Å²) in [6, 6.07) is 6.97. The first-order chi connectivity index (χ1) is 9.79. The van der Waals surface area contributed by atoms with Crippen LogP contribution < -0.4 is 11.1 Å². The molecule has 0 unspecified atom stereocenters. The Bertz CT molecular complexity index is 765. The van der Waals surface area contributed by atoms with E-state index in [0.29, 0.717) is 11.4 Å². The van der Waals surface area contributed by atoms with E-state index in [1.165, 1.54) is 14.1 Å². The summed E-state index contributed by atoms with van der Waals surface area (Å²) in [6.07, 6.45) is 0. The molecule has 1 heterocycles. The Balaban J connectivity index is 2.03. The summed E-state index contributed by atoms with van der Waals surface area (Å²) in [6.45, 7) is 0.0524. The van der Waals surface area contributed by atoms with Gasteiger partial charge in [-0.3, -0.25) is 4.79 Å². The SMILES string of the molecule is CN(C)S(=O)(=O)CCNC(=O)c1cc2cc(N)ccc2[nH]1. The number of aromatic amines is 1. The summed E-state index contributed by atoms with van der Waals surface area (Å²) < 4.78 is 24.3. The molecule has 2 rings (SSSR count). The number of nitrogens with one attached hydrogen (secondary N) is 2. The summed E-state index contributed by atoms with van der Waals surface area (Å²) in [5.41, 5.74) is 7.47. The quantitative estimate of drug-likeness (QED) is 0.693. The molecule has 0 saturated carbocycles. The Labute approximate surface area is 123 Å². The zero-order valence-electron chi connectivity index (χ0n) is 11.9. The predicted molar refractivity (Wildman–Crippen MR) is 82.5 cm³/mol. The van der Waals surface area contributed by atoms with Crippen molar-refractivity contribution in [1.82, 2.24) is 14.6 Å². The van der Waals surface area contributed by atoms with Crippen molar-refractivity contribution in [2.24, 2.45) is 0 Å². The molecule has 1 aromatic carbocycles. The Kier molecular flexibility index (Phi) is 4.19. The van der Waals surface area contributed by atoms with Crippen LogP contribution in [0.1, 0.15) is 10.5 Å². The van der Waals surface area contributed by atoms with E-state index >= 15 is 0 Å². The molecule has 8 heteroatoms. The number of carbonyl (C=O) groups excluding carboxylic acids is 1. The summed E-state index contributed by atoms with van der Waals surface area (Å²) in [5.74, 6) is -0.488. The summed E-state index contributed by atoms with van der Waals surface area (Å²) in [5, 5.41) is 3.41. The van der Waals surface area contributed by atoms with Crippen molar-refractivity contribution in [3.63, 3.8) is 0 Å². The lowest BCUT2D eigenvalue weighted by Crippen LogP contribution is -2.34. The van der Waals surface area contributed by atoms with E-state index in [-0.39, 0.29) is 18.2 Å². The molecule has 7 nitrogen and oxygen atoms in total. The minimum Gasteiger partial charge on any atom is -0.399 e. The Morgan fingerprint density at radius 3 is 2.71 bits per heavy atom. The number of benzene rings is 1.